The normalized spacial score (nSPS) is 18.9. The molecule has 18 heavy (non-hydrogen) atoms. The smallest absolute Gasteiger partial charge is 0.0644 e. The minimum atomic E-state index is 0.116. The molecule has 1 unspecified atom stereocenters. The Balaban J connectivity index is 2.00. The van der Waals surface area contributed by atoms with Gasteiger partial charge in [-0.2, -0.15) is 10.2 Å². The molecule has 0 amide bonds. The maximum absolute atomic E-state index is 9.04. The Morgan fingerprint density at radius 2 is 2.39 bits per heavy atom. The van der Waals surface area contributed by atoms with Gasteiger partial charge in [-0.25, -0.2) is 0 Å². The summed E-state index contributed by atoms with van der Waals surface area (Å²) in [4.78, 5) is 0. The SMILES string of the molecule is Cn1nccc1C1CNCc2c1cnn2CCO. The van der Waals surface area contributed by atoms with E-state index in [1.807, 2.05) is 34.9 Å². The molecule has 0 saturated carbocycles. The molecule has 0 saturated heterocycles. The van der Waals surface area contributed by atoms with E-state index in [0.717, 1.165) is 13.1 Å². The summed E-state index contributed by atoms with van der Waals surface area (Å²) < 4.78 is 3.79. The van der Waals surface area contributed by atoms with Crippen molar-refractivity contribution in [3.63, 3.8) is 0 Å². The van der Waals surface area contributed by atoms with Crippen molar-refractivity contribution in [2.24, 2.45) is 7.05 Å². The predicted molar refractivity (Wildman–Crippen MR) is 66.1 cm³/mol. The van der Waals surface area contributed by atoms with Crippen molar-refractivity contribution in [1.82, 2.24) is 24.9 Å². The first-order valence-corrected chi connectivity index (χ1v) is 6.15. The van der Waals surface area contributed by atoms with Crippen LogP contribution < -0.4 is 5.32 Å². The van der Waals surface area contributed by atoms with Gasteiger partial charge in [0, 0.05) is 43.5 Å². The highest BCUT2D eigenvalue weighted by Gasteiger charge is 2.26. The Morgan fingerprint density at radius 3 is 3.11 bits per heavy atom. The molecule has 1 atom stereocenters. The van der Waals surface area contributed by atoms with E-state index in [9.17, 15) is 0 Å². The number of aromatic nitrogens is 4. The van der Waals surface area contributed by atoms with Crippen LogP contribution in [0.5, 0.6) is 0 Å². The van der Waals surface area contributed by atoms with Crippen molar-refractivity contribution >= 4 is 0 Å². The fourth-order valence-corrected chi connectivity index (χ4v) is 2.63. The van der Waals surface area contributed by atoms with Gasteiger partial charge in [0.25, 0.3) is 0 Å². The van der Waals surface area contributed by atoms with E-state index in [1.54, 1.807) is 0 Å². The molecule has 3 rings (SSSR count). The monoisotopic (exact) mass is 247 g/mol. The van der Waals surface area contributed by atoms with Crippen LogP contribution in [0.3, 0.4) is 0 Å². The fraction of sp³-hybridized carbons (Fsp3) is 0.500. The van der Waals surface area contributed by atoms with Crippen LogP contribution >= 0.6 is 0 Å². The number of hydrogen-bond donors (Lipinski definition) is 2. The number of fused-ring (bicyclic) bond motifs is 1. The predicted octanol–water partition coefficient (Wildman–Crippen LogP) is -0.156. The largest absolute Gasteiger partial charge is 0.394 e. The lowest BCUT2D eigenvalue weighted by Gasteiger charge is -2.24. The van der Waals surface area contributed by atoms with Gasteiger partial charge in [0.15, 0.2) is 0 Å². The summed E-state index contributed by atoms with van der Waals surface area (Å²) in [5.74, 6) is 0.286. The number of aliphatic hydroxyl groups excluding tert-OH is 1. The van der Waals surface area contributed by atoms with Crippen LogP contribution in [0.15, 0.2) is 18.5 Å². The summed E-state index contributed by atoms with van der Waals surface area (Å²) in [7, 11) is 1.96. The van der Waals surface area contributed by atoms with Gasteiger partial charge < -0.3 is 10.4 Å². The zero-order chi connectivity index (χ0) is 12.5. The van der Waals surface area contributed by atoms with E-state index >= 15 is 0 Å². The molecule has 0 spiro atoms. The van der Waals surface area contributed by atoms with E-state index in [-0.39, 0.29) is 12.5 Å². The maximum atomic E-state index is 9.04. The molecule has 0 bridgehead atoms. The number of aliphatic hydroxyl groups is 1. The summed E-state index contributed by atoms with van der Waals surface area (Å²) in [5, 5.41) is 21.0. The van der Waals surface area contributed by atoms with Crippen LogP contribution in [0.2, 0.25) is 0 Å². The van der Waals surface area contributed by atoms with Crippen molar-refractivity contribution < 1.29 is 5.11 Å². The van der Waals surface area contributed by atoms with E-state index in [0.29, 0.717) is 6.54 Å². The minimum absolute atomic E-state index is 0.116. The minimum Gasteiger partial charge on any atom is -0.394 e. The van der Waals surface area contributed by atoms with Crippen LogP contribution in [-0.4, -0.2) is 37.8 Å². The second kappa shape index (κ2) is 4.55. The molecule has 3 heterocycles. The van der Waals surface area contributed by atoms with Crippen LogP contribution in [0, 0.1) is 0 Å². The third kappa shape index (κ3) is 1.74. The lowest BCUT2D eigenvalue weighted by Crippen LogP contribution is -2.31. The van der Waals surface area contributed by atoms with Gasteiger partial charge in [-0.15, -0.1) is 0 Å². The van der Waals surface area contributed by atoms with Crippen molar-refractivity contribution in [1.29, 1.82) is 0 Å². The maximum Gasteiger partial charge on any atom is 0.0644 e. The first-order chi connectivity index (χ1) is 8.81. The molecule has 1 aliphatic heterocycles. The van der Waals surface area contributed by atoms with Gasteiger partial charge in [0.1, 0.15) is 0 Å². The lowest BCUT2D eigenvalue weighted by atomic mass is 9.93. The Bertz CT molecular complexity index is 544. The molecule has 6 heteroatoms. The lowest BCUT2D eigenvalue weighted by molar-refractivity contribution is 0.266. The zero-order valence-electron chi connectivity index (χ0n) is 10.4. The number of aryl methyl sites for hydroxylation is 1. The third-order valence-electron chi connectivity index (χ3n) is 3.52. The van der Waals surface area contributed by atoms with E-state index < -0.39 is 0 Å². The van der Waals surface area contributed by atoms with Gasteiger partial charge >= 0.3 is 0 Å². The van der Waals surface area contributed by atoms with Gasteiger partial charge in [-0.3, -0.25) is 9.36 Å². The number of hydrogen-bond acceptors (Lipinski definition) is 4. The Morgan fingerprint density at radius 1 is 1.50 bits per heavy atom. The van der Waals surface area contributed by atoms with E-state index in [4.69, 9.17) is 5.11 Å². The molecule has 6 nitrogen and oxygen atoms in total. The Labute approximate surface area is 105 Å². The van der Waals surface area contributed by atoms with Gasteiger partial charge in [0.2, 0.25) is 0 Å². The standard InChI is InChI=1S/C12H17N5O/c1-16-11(2-3-14-16)9-6-13-8-12-10(9)7-15-17(12)4-5-18/h2-3,7,9,13,18H,4-6,8H2,1H3. The topological polar surface area (TPSA) is 67.9 Å². The summed E-state index contributed by atoms with van der Waals surface area (Å²) in [6, 6.07) is 2.05. The third-order valence-corrected chi connectivity index (χ3v) is 3.52. The van der Waals surface area contributed by atoms with Gasteiger partial charge in [-0.05, 0) is 6.07 Å². The van der Waals surface area contributed by atoms with Crippen molar-refractivity contribution in [3.05, 3.63) is 35.4 Å². The highest BCUT2D eigenvalue weighted by atomic mass is 16.3. The molecule has 1 aliphatic rings. The molecule has 0 radical (unpaired) electrons. The molecule has 2 aromatic rings. The molecule has 0 aliphatic carbocycles. The molecule has 0 fully saturated rings. The summed E-state index contributed by atoms with van der Waals surface area (Å²) in [5.41, 5.74) is 3.60. The molecule has 96 valence electrons. The van der Waals surface area contributed by atoms with Crippen LogP contribution in [0.25, 0.3) is 0 Å². The second-order valence-electron chi connectivity index (χ2n) is 4.56. The fourth-order valence-electron chi connectivity index (χ4n) is 2.63. The van der Waals surface area contributed by atoms with E-state index in [1.165, 1.54) is 17.0 Å². The zero-order valence-corrected chi connectivity index (χ0v) is 10.4. The second-order valence-corrected chi connectivity index (χ2v) is 4.56. The Kier molecular flexibility index (Phi) is 2.89. The average Bonchev–Trinajstić information content (AvgIpc) is 2.97. The Hall–Kier alpha value is -1.66. The van der Waals surface area contributed by atoms with Gasteiger partial charge in [-0.1, -0.05) is 0 Å². The molecule has 2 aromatic heterocycles. The van der Waals surface area contributed by atoms with Crippen molar-refractivity contribution in [3.8, 4) is 0 Å². The number of nitrogens with zero attached hydrogens (tertiary/aromatic N) is 4. The highest BCUT2D eigenvalue weighted by Crippen LogP contribution is 2.29. The first kappa shape index (κ1) is 11.4. The molecular formula is C12H17N5O. The number of rotatable bonds is 3. The van der Waals surface area contributed by atoms with Crippen LogP contribution in [0.1, 0.15) is 22.9 Å². The molecule has 0 aromatic carbocycles. The molecule has 2 N–H and O–H groups in total. The van der Waals surface area contributed by atoms with Crippen molar-refractivity contribution in [2.75, 3.05) is 13.2 Å². The number of nitrogens with one attached hydrogen (secondary N) is 1. The van der Waals surface area contributed by atoms with Crippen LogP contribution in [0.4, 0.5) is 0 Å². The van der Waals surface area contributed by atoms with Gasteiger partial charge in [0.05, 0.1) is 25.0 Å². The summed E-state index contributed by atoms with van der Waals surface area (Å²) in [6.45, 7) is 2.38. The van der Waals surface area contributed by atoms with Crippen LogP contribution in [-0.2, 0) is 20.1 Å². The first-order valence-electron chi connectivity index (χ1n) is 6.15. The quantitative estimate of drug-likeness (QED) is 0.791. The van der Waals surface area contributed by atoms with E-state index in [2.05, 4.69) is 15.5 Å². The van der Waals surface area contributed by atoms with Crippen molar-refractivity contribution in [2.45, 2.75) is 19.0 Å². The summed E-state index contributed by atoms with van der Waals surface area (Å²) in [6.07, 6.45) is 3.74. The average molecular weight is 247 g/mol. The molecular weight excluding hydrogens is 230 g/mol. The highest BCUT2D eigenvalue weighted by molar-refractivity contribution is 5.33. The summed E-state index contributed by atoms with van der Waals surface area (Å²) >= 11 is 0.